The van der Waals surface area contributed by atoms with E-state index in [0.29, 0.717) is 5.75 Å². The molecule has 2 rings (SSSR count). The van der Waals surface area contributed by atoms with Gasteiger partial charge in [-0.2, -0.15) is 0 Å². The average molecular weight is 391 g/mol. The molecule has 0 saturated carbocycles. The van der Waals surface area contributed by atoms with Gasteiger partial charge in [0.05, 0.1) is 0 Å². The molecule has 0 bridgehead atoms. The molecular weight excluding hydrogens is 368 g/mol. The van der Waals surface area contributed by atoms with E-state index in [9.17, 15) is 4.79 Å². The first-order valence-electron chi connectivity index (χ1n) is 8.10. The number of amides is 1. The van der Waals surface area contributed by atoms with Gasteiger partial charge in [-0.1, -0.05) is 41.9 Å². The molecule has 5 heteroatoms. The predicted molar refractivity (Wildman–Crippen MR) is 101 cm³/mol. The standard InChI is InChI=1S/C19H23BrN2O2/c1-3-22(4-2)13-15-5-9-17(10-6-15)21-19(23)14-24-18-11-7-16(20)8-12-18/h5-12H,3-4,13-14H2,1-2H3,(H,21,23). The van der Waals surface area contributed by atoms with Gasteiger partial charge in [0.25, 0.3) is 5.91 Å². The first kappa shape index (κ1) is 18.5. The van der Waals surface area contributed by atoms with E-state index in [1.54, 1.807) is 0 Å². The Bertz CT molecular complexity index is 637. The summed E-state index contributed by atoms with van der Waals surface area (Å²) in [6.07, 6.45) is 0. The van der Waals surface area contributed by atoms with Crippen LogP contribution >= 0.6 is 15.9 Å². The smallest absolute Gasteiger partial charge is 0.262 e. The lowest BCUT2D eigenvalue weighted by atomic mass is 10.2. The van der Waals surface area contributed by atoms with Crippen LogP contribution in [0.5, 0.6) is 5.75 Å². The fourth-order valence-corrected chi connectivity index (χ4v) is 2.54. The Hall–Kier alpha value is -1.85. The third-order valence-corrected chi connectivity index (χ3v) is 4.25. The molecule has 1 N–H and O–H groups in total. The molecule has 0 saturated heterocycles. The number of benzene rings is 2. The molecular formula is C19H23BrN2O2. The van der Waals surface area contributed by atoms with E-state index in [1.807, 2.05) is 48.5 Å². The second-order valence-electron chi connectivity index (χ2n) is 5.45. The van der Waals surface area contributed by atoms with Crippen LogP contribution in [0.2, 0.25) is 0 Å². The zero-order valence-electron chi connectivity index (χ0n) is 14.1. The lowest BCUT2D eigenvalue weighted by Gasteiger charge is -2.18. The maximum absolute atomic E-state index is 12.0. The summed E-state index contributed by atoms with van der Waals surface area (Å²) in [6.45, 7) is 7.29. The molecule has 2 aromatic carbocycles. The molecule has 0 unspecified atom stereocenters. The van der Waals surface area contributed by atoms with Crippen molar-refractivity contribution in [3.63, 3.8) is 0 Å². The maximum Gasteiger partial charge on any atom is 0.262 e. The number of nitrogens with one attached hydrogen (secondary N) is 1. The molecule has 2 aromatic rings. The van der Waals surface area contributed by atoms with E-state index >= 15 is 0 Å². The summed E-state index contributed by atoms with van der Waals surface area (Å²) in [5.41, 5.74) is 2.02. The van der Waals surface area contributed by atoms with Crippen molar-refractivity contribution in [2.75, 3.05) is 25.0 Å². The van der Waals surface area contributed by atoms with Crippen LogP contribution in [0.1, 0.15) is 19.4 Å². The molecule has 0 radical (unpaired) electrons. The van der Waals surface area contributed by atoms with Gasteiger partial charge in [-0.3, -0.25) is 9.69 Å². The Labute approximate surface area is 151 Å². The molecule has 0 fully saturated rings. The first-order valence-corrected chi connectivity index (χ1v) is 8.89. The average Bonchev–Trinajstić information content (AvgIpc) is 2.60. The van der Waals surface area contributed by atoms with Crippen molar-refractivity contribution in [3.8, 4) is 5.75 Å². The van der Waals surface area contributed by atoms with Crippen molar-refractivity contribution in [1.29, 1.82) is 0 Å². The lowest BCUT2D eigenvalue weighted by Crippen LogP contribution is -2.22. The van der Waals surface area contributed by atoms with Gasteiger partial charge < -0.3 is 10.1 Å². The lowest BCUT2D eigenvalue weighted by molar-refractivity contribution is -0.118. The van der Waals surface area contributed by atoms with Gasteiger partial charge in [0.2, 0.25) is 0 Å². The molecule has 24 heavy (non-hydrogen) atoms. The summed E-state index contributed by atoms with van der Waals surface area (Å²) in [4.78, 5) is 14.3. The monoisotopic (exact) mass is 390 g/mol. The van der Waals surface area contributed by atoms with Crippen molar-refractivity contribution in [1.82, 2.24) is 4.90 Å². The minimum atomic E-state index is -0.172. The summed E-state index contributed by atoms with van der Waals surface area (Å²) >= 11 is 3.36. The molecule has 4 nitrogen and oxygen atoms in total. The predicted octanol–water partition coefficient (Wildman–Crippen LogP) is 4.31. The fraction of sp³-hybridized carbons (Fsp3) is 0.316. The number of hydrogen-bond acceptors (Lipinski definition) is 3. The summed E-state index contributed by atoms with van der Waals surface area (Å²) in [5, 5.41) is 2.85. The summed E-state index contributed by atoms with van der Waals surface area (Å²) in [5.74, 6) is 0.498. The van der Waals surface area contributed by atoms with Crippen molar-refractivity contribution in [3.05, 3.63) is 58.6 Å². The summed E-state index contributed by atoms with van der Waals surface area (Å²) in [7, 11) is 0. The molecule has 0 spiro atoms. The van der Waals surface area contributed by atoms with Crippen LogP contribution in [0.25, 0.3) is 0 Å². The number of hydrogen-bond donors (Lipinski definition) is 1. The topological polar surface area (TPSA) is 41.6 Å². The summed E-state index contributed by atoms with van der Waals surface area (Å²) < 4.78 is 6.44. The van der Waals surface area contributed by atoms with Crippen molar-refractivity contribution in [2.24, 2.45) is 0 Å². The van der Waals surface area contributed by atoms with Gasteiger partial charge in [0.1, 0.15) is 5.75 Å². The van der Waals surface area contributed by atoms with E-state index in [0.717, 1.165) is 29.8 Å². The first-order chi connectivity index (χ1) is 11.6. The minimum absolute atomic E-state index is 0.0111. The summed E-state index contributed by atoms with van der Waals surface area (Å²) in [6, 6.07) is 15.3. The van der Waals surface area contributed by atoms with Crippen molar-refractivity contribution in [2.45, 2.75) is 20.4 Å². The second-order valence-corrected chi connectivity index (χ2v) is 6.36. The van der Waals surface area contributed by atoms with E-state index in [1.165, 1.54) is 5.56 Å². The Morgan fingerprint density at radius 3 is 2.25 bits per heavy atom. The van der Waals surface area contributed by atoms with Gasteiger partial charge in [0, 0.05) is 16.7 Å². The van der Waals surface area contributed by atoms with Gasteiger partial charge in [-0.15, -0.1) is 0 Å². The molecule has 0 aliphatic carbocycles. The number of anilines is 1. The molecule has 0 aromatic heterocycles. The van der Waals surface area contributed by atoms with E-state index in [4.69, 9.17) is 4.74 Å². The quantitative estimate of drug-likeness (QED) is 0.729. The van der Waals surface area contributed by atoms with Crippen molar-refractivity contribution >= 4 is 27.5 Å². The largest absolute Gasteiger partial charge is 0.484 e. The van der Waals surface area contributed by atoms with Gasteiger partial charge in [0.15, 0.2) is 6.61 Å². The van der Waals surface area contributed by atoms with Crippen LogP contribution in [-0.2, 0) is 11.3 Å². The van der Waals surface area contributed by atoms with Crippen molar-refractivity contribution < 1.29 is 9.53 Å². The highest BCUT2D eigenvalue weighted by Gasteiger charge is 2.05. The SMILES string of the molecule is CCN(CC)Cc1ccc(NC(=O)COc2ccc(Br)cc2)cc1. The Morgan fingerprint density at radius 1 is 1.04 bits per heavy atom. The number of nitrogens with zero attached hydrogens (tertiary/aromatic N) is 1. The van der Waals surface area contributed by atoms with E-state index in [-0.39, 0.29) is 12.5 Å². The minimum Gasteiger partial charge on any atom is -0.484 e. The highest BCUT2D eigenvalue weighted by Crippen LogP contribution is 2.16. The third kappa shape index (κ3) is 5.98. The van der Waals surface area contributed by atoms with Crippen LogP contribution in [0.3, 0.4) is 0 Å². The van der Waals surface area contributed by atoms with Gasteiger partial charge >= 0.3 is 0 Å². The van der Waals surface area contributed by atoms with Crippen LogP contribution in [0, 0.1) is 0 Å². The Kier molecular flexibility index (Phi) is 7.28. The zero-order chi connectivity index (χ0) is 17.4. The number of carbonyl (C=O) groups excluding carboxylic acids is 1. The van der Waals surface area contributed by atoms with E-state index in [2.05, 4.69) is 40.0 Å². The van der Waals surface area contributed by atoms with Crippen LogP contribution in [-0.4, -0.2) is 30.5 Å². The number of carbonyl (C=O) groups is 1. The molecule has 1 amide bonds. The van der Waals surface area contributed by atoms with Crippen LogP contribution in [0.4, 0.5) is 5.69 Å². The number of ether oxygens (including phenoxy) is 1. The normalized spacial score (nSPS) is 10.7. The highest BCUT2D eigenvalue weighted by molar-refractivity contribution is 9.10. The molecule has 0 aliphatic rings. The van der Waals surface area contributed by atoms with Crippen LogP contribution in [0.15, 0.2) is 53.0 Å². The Balaban J connectivity index is 1.82. The fourth-order valence-electron chi connectivity index (χ4n) is 2.28. The third-order valence-electron chi connectivity index (χ3n) is 3.72. The number of rotatable bonds is 8. The molecule has 0 aliphatic heterocycles. The highest BCUT2D eigenvalue weighted by atomic mass is 79.9. The molecule has 0 heterocycles. The van der Waals surface area contributed by atoms with E-state index < -0.39 is 0 Å². The maximum atomic E-state index is 12.0. The second kappa shape index (κ2) is 9.45. The molecule has 128 valence electrons. The van der Waals surface area contributed by atoms with Crippen LogP contribution < -0.4 is 10.1 Å². The zero-order valence-corrected chi connectivity index (χ0v) is 15.7. The van der Waals surface area contributed by atoms with Gasteiger partial charge in [-0.05, 0) is 55.1 Å². The Morgan fingerprint density at radius 2 is 1.67 bits per heavy atom. The molecule has 0 atom stereocenters. The number of halogens is 1. The van der Waals surface area contributed by atoms with Gasteiger partial charge in [-0.25, -0.2) is 0 Å².